The minimum Gasteiger partial charge on any atom is -0.373 e. The summed E-state index contributed by atoms with van der Waals surface area (Å²) in [5.41, 5.74) is 0.845. The van der Waals surface area contributed by atoms with Gasteiger partial charge in [0.25, 0.3) is 5.56 Å². The summed E-state index contributed by atoms with van der Waals surface area (Å²) in [6.45, 7) is 15.6. The normalized spacial score (nSPS) is 19.8. The smallest absolute Gasteiger partial charge is 0.373 e. The van der Waals surface area contributed by atoms with Gasteiger partial charge in [-0.3, -0.25) is 9.69 Å². The lowest BCUT2D eigenvalue weighted by Gasteiger charge is -2.40. The number of nitrogens with one attached hydrogen (secondary N) is 1. The van der Waals surface area contributed by atoms with Crippen molar-refractivity contribution < 1.29 is 17.9 Å². The number of halogens is 3. The molecule has 2 atom stereocenters. The minimum atomic E-state index is -4.71. The van der Waals surface area contributed by atoms with Crippen LogP contribution in [0.15, 0.2) is 53.0 Å². The summed E-state index contributed by atoms with van der Waals surface area (Å²) in [5, 5.41) is 15.2. The number of allylic oxidation sites excluding steroid dienone is 5. The summed E-state index contributed by atoms with van der Waals surface area (Å²) >= 11 is 0. The molecule has 0 radical (unpaired) electrons. The van der Waals surface area contributed by atoms with E-state index in [1.54, 1.807) is 6.08 Å². The van der Waals surface area contributed by atoms with E-state index < -0.39 is 17.3 Å². The number of hydrogen-bond acceptors (Lipinski definition) is 6. The molecule has 2 aliphatic rings. The fourth-order valence-electron chi connectivity index (χ4n) is 5.93. The maximum Gasteiger partial charge on any atom is 0.422 e. The van der Waals surface area contributed by atoms with Crippen molar-refractivity contribution in [3.63, 3.8) is 0 Å². The zero-order valence-electron chi connectivity index (χ0n) is 24.9. The quantitative estimate of drug-likeness (QED) is 0.141. The second-order valence-electron chi connectivity index (χ2n) is 11.0. The number of unbranched alkanes of at least 4 members (excludes halogenated alkanes) is 2. The van der Waals surface area contributed by atoms with Gasteiger partial charge in [-0.05, 0) is 56.6 Å². The average molecular weight is 588 g/mol. The second kappa shape index (κ2) is 15.9. The van der Waals surface area contributed by atoms with Crippen LogP contribution in [0.1, 0.15) is 88.1 Å². The Hall–Kier alpha value is -3.16. The number of fused-ring (bicyclic) bond motifs is 1. The molecule has 1 N–H and O–H groups in total. The van der Waals surface area contributed by atoms with Crippen LogP contribution >= 0.6 is 0 Å². The third-order valence-electron chi connectivity index (χ3n) is 8.04. The molecule has 1 aliphatic heterocycles. The Morgan fingerprint density at radius 2 is 2.00 bits per heavy atom. The van der Waals surface area contributed by atoms with E-state index in [2.05, 4.69) is 59.1 Å². The Kier molecular flexibility index (Phi) is 12.6. The van der Waals surface area contributed by atoms with Crippen LogP contribution in [0.25, 0.3) is 0 Å². The number of hydrogen-bond donors (Lipinski definition) is 1. The van der Waals surface area contributed by atoms with Crippen LogP contribution in [0.4, 0.5) is 13.2 Å². The fraction of sp³-hybridized carbons (Fsp3) is 0.594. The van der Waals surface area contributed by atoms with Gasteiger partial charge in [-0.2, -0.15) is 23.5 Å². The van der Waals surface area contributed by atoms with Gasteiger partial charge in [0.05, 0.1) is 30.0 Å². The van der Waals surface area contributed by atoms with Gasteiger partial charge < -0.3 is 9.64 Å². The van der Waals surface area contributed by atoms with E-state index >= 15 is 0 Å². The molecule has 1 fully saturated rings. The number of aromatic amines is 1. The summed E-state index contributed by atoms with van der Waals surface area (Å²) in [6, 6.07) is 1.84. The predicted molar refractivity (Wildman–Crippen MR) is 159 cm³/mol. The first-order valence-electron chi connectivity index (χ1n) is 15.0. The summed E-state index contributed by atoms with van der Waals surface area (Å²) in [5.74, 6) is 0. The van der Waals surface area contributed by atoms with Gasteiger partial charge in [-0.1, -0.05) is 57.6 Å². The number of aromatic nitrogens is 2. The van der Waals surface area contributed by atoms with Crippen molar-refractivity contribution in [1.29, 1.82) is 5.26 Å². The van der Waals surface area contributed by atoms with E-state index in [0.717, 1.165) is 63.7 Å². The number of H-pyrrole nitrogens is 1. The van der Waals surface area contributed by atoms with E-state index in [1.165, 1.54) is 5.57 Å². The van der Waals surface area contributed by atoms with Crippen LogP contribution in [-0.4, -0.2) is 58.9 Å². The number of rotatable bonds is 15. The maximum absolute atomic E-state index is 13.6. The average Bonchev–Trinajstić information content (AvgIpc) is 3.39. The standard InChI is InChI=1S/C32H44F3N5O2/c1-5-11-25(14-13-24(7-3)21-36)12-9-8-10-18-39(17-6-2)23(4)28-22-40(19-20-42-28)27-16-15-26-29(32(33,34)35)31(41)38-37-30(26)27/h7,13-14,27-28H,3-6,8-12,15-20,22H2,1-2H3,(H,38,41)/b24-13+,25-14+. The zero-order valence-corrected chi connectivity index (χ0v) is 24.9. The van der Waals surface area contributed by atoms with Crippen LogP contribution in [-0.2, 0) is 17.3 Å². The molecule has 2 unspecified atom stereocenters. The monoisotopic (exact) mass is 587 g/mol. The third kappa shape index (κ3) is 8.68. The highest BCUT2D eigenvalue weighted by atomic mass is 19.4. The molecular formula is C32H44F3N5O2. The van der Waals surface area contributed by atoms with Crippen LogP contribution in [0.5, 0.6) is 0 Å². The predicted octanol–water partition coefficient (Wildman–Crippen LogP) is 6.63. The zero-order chi connectivity index (χ0) is 30.7. The molecule has 3 rings (SSSR count). The molecule has 42 heavy (non-hydrogen) atoms. The number of nitriles is 1. The number of ether oxygens (including phenoxy) is 1. The summed E-state index contributed by atoms with van der Waals surface area (Å²) in [7, 11) is 0. The molecule has 2 heterocycles. The van der Waals surface area contributed by atoms with E-state index in [-0.39, 0.29) is 24.1 Å². The molecule has 1 saturated heterocycles. The van der Waals surface area contributed by atoms with Crippen LogP contribution in [0.3, 0.4) is 0 Å². The Morgan fingerprint density at radius 3 is 2.67 bits per heavy atom. The first kappa shape index (κ1) is 33.3. The topological polar surface area (TPSA) is 85.3 Å². The van der Waals surface area contributed by atoms with Gasteiger partial charge in [-0.25, -0.2) is 5.10 Å². The van der Waals surface area contributed by atoms with E-state index in [9.17, 15) is 18.0 Å². The van der Waals surface area contributed by atoms with Gasteiger partial charge in [0.15, 0.2) is 0 Å². The molecule has 1 aliphatic carbocycles. The first-order chi connectivity index (χ1) is 20.1. The molecule has 0 bridgehead atoms. The number of alkyl halides is 3. The molecule has 10 heteroatoms. The molecule has 0 spiro atoms. The molecule has 1 aromatic heterocycles. The molecule has 1 aromatic rings. The van der Waals surface area contributed by atoms with Gasteiger partial charge in [0.2, 0.25) is 0 Å². The highest BCUT2D eigenvalue weighted by molar-refractivity contribution is 5.37. The maximum atomic E-state index is 13.6. The number of nitrogens with zero attached hydrogens (tertiary/aromatic N) is 4. The van der Waals surface area contributed by atoms with Gasteiger partial charge in [-0.15, -0.1) is 0 Å². The van der Waals surface area contributed by atoms with E-state index in [1.807, 2.05) is 6.08 Å². The Balaban J connectivity index is 1.58. The molecule has 230 valence electrons. The second-order valence-corrected chi connectivity index (χ2v) is 11.0. The highest BCUT2D eigenvalue weighted by Gasteiger charge is 2.43. The molecule has 7 nitrogen and oxygen atoms in total. The van der Waals surface area contributed by atoms with Crippen molar-refractivity contribution in [3.8, 4) is 6.07 Å². The SMILES string of the molecule is C=C/C(C#N)=C\C=C(/CCC)CCCCCN(CCC)C(=C)C1CN(C2CCc3c2n[nH]c(=O)c3C(F)(F)F)CCO1. The van der Waals surface area contributed by atoms with Crippen molar-refractivity contribution in [3.05, 3.63) is 75.4 Å². The van der Waals surface area contributed by atoms with Crippen LogP contribution in [0.2, 0.25) is 0 Å². The third-order valence-corrected chi connectivity index (χ3v) is 8.04. The Bertz CT molecular complexity index is 1240. The lowest BCUT2D eigenvalue weighted by Crippen LogP contribution is -2.47. The first-order valence-corrected chi connectivity index (χ1v) is 15.0. The van der Waals surface area contributed by atoms with Gasteiger partial charge in [0, 0.05) is 31.9 Å². The highest BCUT2D eigenvalue weighted by Crippen LogP contribution is 2.40. The summed E-state index contributed by atoms with van der Waals surface area (Å²) in [4.78, 5) is 16.4. The Labute approximate surface area is 247 Å². The van der Waals surface area contributed by atoms with Crippen molar-refractivity contribution in [1.82, 2.24) is 20.0 Å². The van der Waals surface area contributed by atoms with E-state index in [0.29, 0.717) is 37.4 Å². The summed E-state index contributed by atoms with van der Waals surface area (Å²) < 4.78 is 46.9. The van der Waals surface area contributed by atoms with Crippen LogP contribution in [0, 0.1) is 11.3 Å². The van der Waals surface area contributed by atoms with Gasteiger partial charge in [0.1, 0.15) is 11.7 Å². The van der Waals surface area contributed by atoms with E-state index in [4.69, 9.17) is 10.00 Å². The molecule has 0 amide bonds. The minimum absolute atomic E-state index is 0.0184. The number of morpholine rings is 1. The summed E-state index contributed by atoms with van der Waals surface area (Å²) in [6.07, 6.45) is 8.31. The lowest BCUT2D eigenvalue weighted by molar-refractivity contribution is -0.139. The molecule has 0 saturated carbocycles. The molecular weight excluding hydrogens is 543 g/mol. The van der Waals surface area contributed by atoms with Crippen molar-refractivity contribution in [2.75, 3.05) is 32.8 Å². The molecule has 0 aromatic carbocycles. The van der Waals surface area contributed by atoms with Crippen LogP contribution < -0.4 is 5.56 Å². The largest absolute Gasteiger partial charge is 0.422 e. The van der Waals surface area contributed by atoms with Gasteiger partial charge >= 0.3 is 6.18 Å². The fourth-order valence-corrected chi connectivity index (χ4v) is 5.93. The van der Waals surface area contributed by atoms with Crippen molar-refractivity contribution >= 4 is 0 Å². The lowest BCUT2D eigenvalue weighted by atomic mass is 10.0. The Morgan fingerprint density at radius 1 is 1.21 bits per heavy atom. The van der Waals surface area contributed by atoms with Crippen molar-refractivity contribution in [2.24, 2.45) is 0 Å². The van der Waals surface area contributed by atoms with Crippen molar-refractivity contribution in [2.45, 2.75) is 90.0 Å².